The summed E-state index contributed by atoms with van der Waals surface area (Å²) in [5.74, 6) is 0.246. The first-order valence-corrected chi connectivity index (χ1v) is 6.02. The molecule has 0 spiro atoms. The van der Waals surface area contributed by atoms with Crippen LogP contribution in [0.2, 0.25) is 0 Å². The molecule has 2 rings (SSSR count). The Morgan fingerprint density at radius 1 is 1.25 bits per heavy atom. The number of amides is 1. The van der Waals surface area contributed by atoms with Crippen LogP contribution in [0, 0.1) is 5.92 Å². The van der Waals surface area contributed by atoms with Gasteiger partial charge in [0.05, 0.1) is 7.11 Å². The van der Waals surface area contributed by atoms with Crippen molar-refractivity contribution in [3.05, 3.63) is 0 Å². The normalized spacial score (nSPS) is 33.4. The molecular formula is C12H19NO3. The fourth-order valence-electron chi connectivity index (χ4n) is 3.26. The second kappa shape index (κ2) is 4.44. The molecule has 3 atom stereocenters. The predicted molar refractivity (Wildman–Crippen MR) is 58.7 cm³/mol. The quantitative estimate of drug-likeness (QED) is 0.633. The van der Waals surface area contributed by atoms with Gasteiger partial charge in [-0.3, -0.25) is 4.79 Å². The molecule has 0 aromatic rings. The average molecular weight is 225 g/mol. The van der Waals surface area contributed by atoms with Crippen molar-refractivity contribution < 1.29 is 14.3 Å². The summed E-state index contributed by atoms with van der Waals surface area (Å²) in [5.41, 5.74) is 0. The Hall–Kier alpha value is -1.06. The van der Waals surface area contributed by atoms with Crippen LogP contribution in [0.15, 0.2) is 0 Å². The molecule has 0 N–H and O–H groups in total. The highest BCUT2D eigenvalue weighted by molar-refractivity contribution is 5.84. The zero-order chi connectivity index (χ0) is 11.7. The number of esters is 1. The highest BCUT2D eigenvalue weighted by atomic mass is 16.5. The summed E-state index contributed by atoms with van der Waals surface area (Å²) in [6, 6.07) is -0.0639. The number of hydrogen-bond donors (Lipinski definition) is 0. The number of methoxy groups -OCH3 is 1. The molecule has 1 aliphatic heterocycles. The highest BCUT2D eigenvalue weighted by Gasteiger charge is 2.46. The molecule has 0 aromatic heterocycles. The van der Waals surface area contributed by atoms with Gasteiger partial charge in [0.15, 0.2) is 0 Å². The van der Waals surface area contributed by atoms with Gasteiger partial charge in [0.1, 0.15) is 6.04 Å². The van der Waals surface area contributed by atoms with Crippen molar-refractivity contribution in [2.75, 3.05) is 7.11 Å². The third-order valence-corrected chi connectivity index (χ3v) is 3.92. The molecule has 2 aliphatic rings. The minimum Gasteiger partial charge on any atom is -0.467 e. The van der Waals surface area contributed by atoms with Gasteiger partial charge in [-0.25, -0.2) is 4.79 Å². The number of nitrogens with zero attached hydrogens (tertiary/aromatic N) is 1. The molecule has 0 aromatic carbocycles. The van der Waals surface area contributed by atoms with Crippen molar-refractivity contribution in [2.24, 2.45) is 5.92 Å². The van der Waals surface area contributed by atoms with E-state index in [1.807, 2.05) is 0 Å². The van der Waals surface area contributed by atoms with E-state index in [2.05, 4.69) is 0 Å². The number of ether oxygens (including phenoxy) is 1. The van der Waals surface area contributed by atoms with E-state index in [1.165, 1.54) is 20.0 Å². The van der Waals surface area contributed by atoms with Gasteiger partial charge in [-0.05, 0) is 25.2 Å². The number of carbonyl (C=O) groups excluding carboxylic acids is 2. The summed E-state index contributed by atoms with van der Waals surface area (Å²) in [6.07, 6.45) is 5.36. The summed E-state index contributed by atoms with van der Waals surface area (Å²) in [5, 5.41) is 0. The molecule has 2 fully saturated rings. The Bertz CT molecular complexity index is 303. The number of likely N-dealkylation sites (tertiary alicyclic amines) is 1. The van der Waals surface area contributed by atoms with Gasteiger partial charge in [-0.2, -0.15) is 0 Å². The maximum absolute atomic E-state index is 11.7. The first kappa shape index (κ1) is 11.4. The largest absolute Gasteiger partial charge is 0.467 e. The fourth-order valence-corrected chi connectivity index (χ4v) is 3.26. The third kappa shape index (κ3) is 1.81. The monoisotopic (exact) mass is 225 g/mol. The molecule has 1 amide bonds. The minimum absolute atomic E-state index is 0.00444. The van der Waals surface area contributed by atoms with E-state index in [0.717, 1.165) is 19.3 Å². The van der Waals surface area contributed by atoms with Gasteiger partial charge >= 0.3 is 5.97 Å². The smallest absolute Gasteiger partial charge is 0.328 e. The van der Waals surface area contributed by atoms with Gasteiger partial charge in [0, 0.05) is 13.0 Å². The number of hydrogen-bond acceptors (Lipinski definition) is 3. The Morgan fingerprint density at radius 3 is 2.56 bits per heavy atom. The predicted octanol–water partition coefficient (Wildman–Crippen LogP) is 1.34. The van der Waals surface area contributed by atoms with Crippen molar-refractivity contribution in [1.82, 2.24) is 4.90 Å². The van der Waals surface area contributed by atoms with E-state index in [1.54, 1.807) is 11.8 Å². The molecule has 4 heteroatoms. The van der Waals surface area contributed by atoms with Crippen LogP contribution < -0.4 is 0 Å². The van der Waals surface area contributed by atoms with Gasteiger partial charge in [-0.1, -0.05) is 12.8 Å². The van der Waals surface area contributed by atoms with Crippen LogP contribution in [-0.4, -0.2) is 36.0 Å². The highest BCUT2D eigenvalue weighted by Crippen LogP contribution is 2.39. The molecule has 16 heavy (non-hydrogen) atoms. The summed E-state index contributed by atoms with van der Waals surface area (Å²) < 4.78 is 4.79. The topological polar surface area (TPSA) is 46.6 Å². The fraction of sp³-hybridized carbons (Fsp3) is 0.833. The molecule has 0 radical (unpaired) electrons. The molecule has 1 saturated carbocycles. The molecule has 1 saturated heterocycles. The van der Waals surface area contributed by atoms with E-state index in [-0.39, 0.29) is 24.0 Å². The second-order valence-electron chi connectivity index (χ2n) is 4.81. The van der Waals surface area contributed by atoms with E-state index in [9.17, 15) is 9.59 Å². The molecule has 0 bridgehead atoms. The molecule has 90 valence electrons. The lowest BCUT2D eigenvalue weighted by Crippen LogP contribution is -2.45. The van der Waals surface area contributed by atoms with Gasteiger partial charge in [0.2, 0.25) is 5.91 Å². The van der Waals surface area contributed by atoms with Gasteiger partial charge < -0.3 is 9.64 Å². The molecule has 1 aliphatic carbocycles. The SMILES string of the molecule is COC(=O)[C@@H]1C[C@@H]2CCCC[C@@H]2N1C(C)=O. The third-order valence-electron chi connectivity index (χ3n) is 3.92. The number of carbonyl (C=O) groups is 2. The summed E-state index contributed by atoms with van der Waals surface area (Å²) in [7, 11) is 1.39. The van der Waals surface area contributed by atoms with Crippen molar-refractivity contribution in [2.45, 2.75) is 51.1 Å². The molecule has 0 unspecified atom stereocenters. The molecule has 1 heterocycles. The maximum atomic E-state index is 11.7. The van der Waals surface area contributed by atoms with Gasteiger partial charge in [-0.15, -0.1) is 0 Å². The summed E-state index contributed by atoms with van der Waals surface area (Å²) in [4.78, 5) is 25.1. The summed E-state index contributed by atoms with van der Waals surface area (Å²) >= 11 is 0. The van der Waals surface area contributed by atoms with Gasteiger partial charge in [0.25, 0.3) is 0 Å². The van der Waals surface area contributed by atoms with Crippen LogP contribution in [-0.2, 0) is 14.3 Å². The van der Waals surface area contributed by atoms with E-state index < -0.39 is 0 Å². The lowest BCUT2D eigenvalue weighted by Gasteiger charge is -2.32. The Kier molecular flexibility index (Phi) is 3.17. The first-order chi connectivity index (χ1) is 7.65. The zero-order valence-corrected chi connectivity index (χ0v) is 9.94. The van der Waals surface area contributed by atoms with Crippen LogP contribution in [0.3, 0.4) is 0 Å². The van der Waals surface area contributed by atoms with Crippen LogP contribution >= 0.6 is 0 Å². The van der Waals surface area contributed by atoms with E-state index >= 15 is 0 Å². The number of rotatable bonds is 1. The zero-order valence-electron chi connectivity index (χ0n) is 9.94. The lowest BCUT2D eigenvalue weighted by atomic mass is 9.85. The molecular weight excluding hydrogens is 206 g/mol. The standard InChI is InChI=1S/C12H19NO3/c1-8(14)13-10-6-4-3-5-9(10)7-11(13)12(15)16-2/h9-11H,3-7H2,1-2H3/t9-,10-,11-/m0/s1. The Labute approximate surface area is 95.9 Å². The molecule has 4 nitrogen and oxygen atoms in total. The van der Waals surface area contributed by atoms with Crippen molar-refractivity contribution in [3.8, 4) is 0 Å². The Morgan fingerprint density at radius 2 is 1.94 bits per heavy atom. The average Bonchev–Trinajstić information content (AvgIpc) is 2.67. The lowest BCUT2D eigenvalue weighted by molar-refractivity contribution is -0.151. The van der Waals surface area contributed by atoms with Crippen LogP contribution in [0.1, 0.15) is 39.0 Å². The van der Waals surface area contributed by atoms with E-state index in [4.69, 9.17) is 4.74 Å². The second-order valence-corrected chi connectivity index (χ2v) is 4.81. The van der Waals surface area contributed by atoms with Crippen LogP contribution in [0.5, 0.6) is 0 Å². The maximum Gasteiger partial charge on any atom is 0.328 e. The van der Waals surface area contributed by atoms with E-state index in [0.29, 0.717) is 5.92 Å². The minimum atomic E-state index is -0.337. The van der Waals surface area contributed by atoms with Crippen molar-refractivity contribution >= 4 is 11.9 Å². The van der Waals surface area contributed by atoms with Crippen LogP contribution in [0.4, 0.5) is 0 Å². The number of fused-ring (bicyclic) bond motifs is 1. The summed E-state index contributed by atoms with van der Waals surface area (Å²) in [6.45, 7) is 1.55. The Balaban J connectivity index is 2.19. The van der Waals surface area contributed by atoms with Crippen LogP contribution in [0.25, 0.3) is 0 Å². The first-order valence-electron chi connectivity index (χ1n) is 6.02. The van der Waals surface area contributed by atoms with Crippen molar-refractivity contribution in [1.29, 1.82) is 0 Å². The van der Waals surface area contributed by atoms with Crippen molar-refractivity contribution in [3.63, 3.8) is 0 Å².